The molecule has 1 aromatic carbocycles. The van der Waals surface area contributed by atoms with Gasteiger partial charge in [0.15, 0.2) is 0 Å². The lowest BCUT2D eigenvalue weighted by molar-refractivity contribution is -0.131. The Kier molecular flexibility index (Phi) is 4.58. The first-order chi connectivity index (χ1) is 11.1. The second-order valence-corrected chi connectivity index (χ2v) is 6.20. The number of amides is 1. The minimum absolute atomic E-state index is 0.0370. The molecule has 7 nitrogen and oxygen atoms in total. The Morgan fingerprint density at radius 2 is 2.22 bits per heavy atom. The number of fused-ring (bicyclic) bond motifs is 1. The van der Waals surface area contributed by atoms with Gasteiger partial charge in [-0.3, -0.25) is 9.69 Å². The summed E-state index contributed by atoms with van der Waals surface area (Å²) in [5.74, 6) is 0.0370. The van der Waals surface area contributed by atoms with E-state index in [0.29, 0.717) is 12.6 Å². The normalized spacial score (nSPS) is 21.9. The zero-order valence-electron chi connectivity index (χ0n) is 13.8. The fourth-order valence-electron chi connectivity index (χ4n) is 3.11. The van der Waals surface area contributed by atoms with Crippen molar-refractivity contribution in [2.24, 2.45) is 0 Å². The number of rotatable bonds is 5. The van der Waals surface area contributed by atoms with Crippen LogP contribution in [-0.2, 0) is 16.1 Å². The Bertz CT molecular complexity index is 686. The summed E-state index contributed by atoms with van der Waals surface area (Å²) >= 11 is 0. The highest BCUT2D eigenvalue weighted by atomic mass is 16.5. The van der Waals surface area contributed by atoms with Gasteiger partial charge in [0.05, 0.1) is 11.6 Å². The Morgan fingerprint density at radius 1 is 1.43 bits per heavy atom. The van der Waals surface area contributed by atoms with Crippen molar-refractivity contribution in [3.8, 4) is 0 Å². The number of ether oxygens (including phenoxy) is 1. The third kappa shape index (κ3) is 3.35. The molecule has 7 heteroatoms. The van der Waals surface area contributed by atoms with Crippen LogP contribution in [0.3, 0.4) is 0 Å². The van der Waals surface area contributed by atoms with E-state index >= 15 is 0 Å². The van der Waals surface area contributed by atoms with E-state index in [9.17, 15) is 4.79 Å². The Labute approximate surface area is 135 Å². The van der Waals surface area contributed by atoms with Gasteiger partial charge in [0.1, 0.15) is 12.1 Å². The highest BCUT2D eigenvalue weighted by Crippen LogP contribution is 2.19. The van der Waals surface area contributed by atoms with Crippen LogP contribution in [0.5, 0.6) is 0 Å². The van der Waals surface area contributed by atoms with E-state index in [0.717, 1.165) is 24.0 Å². The molecular formula is C16H23N5O2. The maximum atomic E-state index is 12.5. The molecule has 1 saturated heterocycles. The molecule has 2 heterocycles. The van der Waals surface area contributed by atoms with Crippen LogP contribution < -0.4 is 0 Å². The number of carbonyl (C=O) groups is 1. The van der Waals surface area contributed by atoms with Crippen LogP contribution in [0.1, 0.15) is 6.42 Å². The molecule has 1 aliphatic rings. The maximum Gasteiger partial charge on any atom is 0.244 e. The lowest BCUT2D eigenvalue weighted by Crippen LogP contribution is -2.40. The van der Waals surface area contributed by atoms with E-state index in [1.165, 1.54) is 0 Å². The molecule has 0 N–H and O–H groups in total. The Balaban J connectivity index is 1.62. The largest absolute Gasteiger partial charge is 0.380 e. The Morgan fingerprint density at radius 3 is 2.96 bits per heavy atom. The van der Waals surface area contributed by atoms with Crippen molar-refractivity contribution < 1.29 is 9.53 Å². The third-order valence-corrected chi connectivity index (χ3v) is 4.60. The number of likely N-dealkylation sites (N-methyl/N-ethyl adjacent to an activating group) is 2. The van der Waals surface area contributed by atoms with Crippen molar-refractivity contribution in [1.82, 2.24) is 24.8 Å². The number of carbonyl (C=O) groups excluding carboxylic acids is 1. The topological polar surface area (TPSA) is 63.5 Å². The van der Waals surface area contributed by atoms with Gasteiger partial charge in [-0.25, -0.2) is 4.68 Å². The van der Waals surface area contributed by atoms with Gasteiger partial charge in [-0.15, -0.1) is 5.10 Å². The van der Waals surface area contributed by atoms with Gasteiger partial charge in [0.2, 0.25) is 5.91 Å². The summed E-state index contributed by atoms with van der Waals surface area (Å²) in [5, 5.41) is 8.16. The third-order valence-electron chi connectivity index (χ3n) is 4.60. The molecule has 0 saturated carbocycles. The van der Waals surface area contributed by atoms with Crippen molar-refractivity contribution in [2.45, 2.75) is 25.1 Å². The molecule has 23 heavy (non-hydrogen) atoms. The molecule has 0 unspecified atom stereocenters. The molecule has 1 aliphatic heterocycles. The van der Waals surface area contributed by atoms with Gasteiger partial charge in [0, 0.05) is 33.3 Å². The molecule has 1 amide bonds. The summed E-state index contributed by atoms with van der Waals surface area (Å²) in [6.45, 7) is 1.82. The van der Waals surface area contributed by atoms with Crippen LogP contribution in [0.25, 0.3) is 11.0 Å². The van der Waals surface area contributed by atoms with Crippen LogP contribution in [-0.4, -0.2) is 77.1 Å². The lowest BCUT2D eigenvalue weighted by atomic mass is 10.2. The van der Waals surface area contributed by atoms with E-state index in [1.807, 2.05) is 31.3 Å². The minimum atomic E-state index is 0.0370. The van der Waals surface area contributed by atoms with Crippen LogP contribution in [0.2, 0.25) is 0 Å². The monoisotopic (exact) mass is 317 g/mol. The van der Waals surface area contributed by atoms with Crippen molar-refractivity contribution >= 4 is 16.9 Å². The summed E-state index contributed by atoms with van der Waals surface area (Å²) in [6.07, 6.45) is 1.21. The van der Waals surface area contributed by atoms with Gasteiger partial charge < -0.3 is 9.64 Å². The maximum absolute atomic E-state index is 12.5. The molecule has 0 bridgehead atoms. The second kappa shape index (κ2) is 6.64. The van der Waals surface area contributed by atoms with E-state index in [2.05, 4.69) is 22.3 Å². The average molecular weight is 317 g/mol. The lowest BCUT2D eigenvalue weighted by Gasteiger charge is -2.25. The van der Waals surface area contributed by atoms with Crippen LogP contribution in [0.15, 0.2) is 24.3 Å². The minimum Gasteiger partial charge on any atom is -0.380 e. The second-order valence-electron chi connectivity index (χ2n) is 6.20. The van der Waals surface area contributed by atoms with E-state index in [-0.39, 0.29) is 18.6 Å². The highest BCUT2D eigenvalue weighted by Gasteiger charge is 2.31. The van der Waals surface area contributed by atoms with Gasteiger partial charge in [-0.2, -0.15) is 0 Å². The number of hydrogen-bond acceptors (Lipinski definition) is 5. The standard InChI is InChI=1S/C16H23N5O2/c1-19-10-13(23-3)8-12(19)9-20(2)16(22)11-21-15-7-5-4-6-14(15)17-18-21/h4-7,12-13H,8-11H2,1-3H3/t12-,13-/m0/s1. The Hall–Kier alpha value is -1.99. The van der Waals surface area contributed by atoms with Gasteiger partial charge in [-0.1, -0.05) is 17.3 Å². The van der Waals surface area contributed by atoms with Crippen molar-refractivity contribution in [3.63, 3.8) is 0 Å². The number of para-hydroxylation sites is 1. The first kappa shape index (κ1) is 15.9. The molecule has 124 valence electrons. The number of benzene rings is 1. The van der Waals surface area contributed by atoms with E-state index in [1.54, 1.807) is 16.7 Å². The molecular weight excluding hydrogens is 294 g/mol. The molecule has 0 spiro atoms. The predicted octanol–water partition coefficient (Wildman–Crippen LogP) is 0.609. The van der Waals surface area contributed by atoms with Gasteiger partial charge in [-0.05, 0) is 25.6 Å². The highest BCUT2D eigenvalue weighted by molar-refractivity contribution is 5.79. The summed E-state index contributed by atoms with van der Waals surface area (Å²) in [7, 11) is 5.66. The molecule has 1 fully saturated rings. The SMILES string of the molecule is CO[C@H]1C[C@@H](CN(C)C(=O)Cn2nnc3ccccc32)N(C)C1. The number of methoxy groups -OCH3 is 1. The molecule has 3 rings (SSSR count). The molecule has 0 radical (unpaired) electrons. The fourth-order valence-corrected chi connectivity index (χ4v) is 3.11. The van der Waals surface area contributed by atoms with Gasteiger partial charge >= 0.3 is 0 Å². The molecule has 2 atom stereocenters. The van der Waals surface area contributed by atoms with E-state index in [4.69, 9.17) is 4.74 Å². The summed E-state index contributed by atoms with van der Waals surface area (Å²) in [5.41, 5.74) is 1.69. The number of hydrogen-bond donors (Lipinski definition) is 0. The first-order valence-electron chi connectivity index (χ1n) is 7.83. The zero-order valence-corrected chi connectivity index (χ0v) is 13.8. The zero-order chi connectivity index (χ0) is 16.4. The molecule has 0 aliphatic carbocycles. The van der Waals surface area contributed by atoms with Crippen molar-refractivity contribution in [3.05, 3.63) is 24.3 Å². The van der Waals surface area contributed by atoms with Crippen LogP contribution in [0, 0.1) is 0 Å². The molecule has 2 aromatic rings. The van der Waals surface area contributed by atoms with Crippen LogP contribution in [0.4, 0.5) is 0 Å². The smallest absolute Gasteiger partial charge is 0.244 e. The predicted molar refractivity (Wildman–Crippen MR) is 87.0 cm³/mol. The number of likely N-dealkylation sites (tertiary alicyclic amines) is 1. The summed E-state index contributed by atoms with van der Waals surface area (Å²) in [4.78, 5) is 16.5. The molecule has 1 aromatic heterocycles. The first-order valence-corrected chi connectivity index (χ1v) is 7.83. The quantitative estimate of drug-likeness (QED) is 0.808. The van der Waals surface area contributed by atoms with Gasteiger partial charge in [0.25, 0.3) is 0 Å². The van der Waals surface area contributed by atoms with Crippen LogP contribution >= 0.6 is 0 Å². The summed E-state index contributed by atoms with van der Waals surface area (Å²) in [6, 6.07) is 8.00. The van der Waals surface area contributed by atoms with Crippen molar-refractivity contribution in [2.75, 3.05) is 34.3 Å². The summed E-state index contributed by atoms with van der Waals surface area (Å²) < 4.78 is 7.08. The fraction of sp³-hybridized carbons (Fsp3) is 0.562. The average Bonchev–Trinajstić information content (AvgIpc) is 3.11. The van der Waals surface area contributed by atoms with Crippen molar-refractivity contribution in [1.29, 1.82) is 0 Å². The number of aromatic nitrogens is 3. The van der Waals surface area contributed by atoms with E-state index < -0.39 is 0 Å². The number of nitrogens with zero attached hydrogens (tertiary/aromatic N) is 5.